The average Bonchev–Trinajstić information content (AvgIpc) is 3.50. The summed E-state index contributed by atoms with van der Waals surface area (Å²) in [7, 11) is 0. The number of aromatic nitrogens is 3. The van der Waals surface area contributed by atoms with E-state index in [1.54, 1.807) is 30.5 Å². The Balaban J connectivity index is 1.45. The number of hydrogen-bond acceptors (Lipinski definition) is 7. The third-order valence-corrected chi connectivity index (χ3v) is 6.44. The normalized spacial score (nSPS) is 13.8. The van der Waals surface area contributed by atoms with Crippen LogP contribution in [-0.2, 0) is 11.3 Å². The SMILES string of the molecule is O=C(CSc1nnc(N2CCCC2)n1Cc1ccco1)Nc1ccccc1SC(F)F. The summed E-state index contributed by atoms with van der Waals surface area (Å²) < 4.78 is 32.9. The maximum Gasteiger partial charge on any atom is 0.288 e. The minimum absolute atomic E-state index is 0.0734. The molecule has 1 aliphatic heterocycles. The van der Waals surface area contributed by atoms with Crippen molar-refractivity contribution in [2.24, 2.45) is 0 Å². The van der Waals surface area contributed by atoms with E-state index in [1.165, 1.54) is 11.8 Å². The Bertz CT molecular complexity index is 1010. The molecule has 0 atom stereocenters. The van der Waals surface area contributed by atoms with Crippen LogP contribution in [-0.4, -0.2) is 45.3 Å². The van der Waals surface area contributed by atoms with E-state index >= 15 is 0 Å². The number of alkyl halides is 2. The summed E-state index contributed by atoms with van der Waals surface area (Å²) in [6, 6.07) is 10.2. The van der Waals surface area contributed by atoms with Gasteiger partial charge in [-0.25, -0.2) is 0 Å². The van der Waals surface area contributed by atoms with Gasteiger partial charge in [-0.3, -0.25) is 9.36 Å². The van der Waals surface area contributed by atoms with Crippen molar-refractivity contribution in [1.82, 2.24) is 14.8 Å². The molecule has 4 rings (SSSR count). The number of halogens is 2. The van der Waals surface area contributed by atoms with Crippen LogP contribution in [0.1, 0.15) is 18.6 Å². The van der Waals surface area contributed by atoms with Crippen molar-refractivity contribution in [2.75, 3.05) is 29.1 Å². The lowest BCUT2D eigenvalue weighted by atomic mass is 10.3. The molecule has 1 aromatic carbocycles. The van der Waals surface area contributed by atoms with E-state index in [0.29, 0.717) is 34.0 Å². The minimum Gasteiger partial charge on any atom is -0.467 e. The van der Waals surface area contributed by atoms with Crippen molar-refractivity contribution in [1.29, 1.82) is 0 Å². The molecule has 3 heterocycles. The third kappa shape index (κ3) is 5.59. The van der Waals surface area contributed by atoms with Crippen LogP contribution in [0.2, 0.25) is 0 Å². The lowest BCUT2D eigenvalue weighted by Gasteiger charge is -2.17. The molecule has 1 aliphatic rings. The van der Waals surface area contributed by atoms with Gasteiger partial charge in [-0.1, -0.05) is 35.7 Å². The second-order valence-electron chi connectivity index (χ2n) is 6.85. The molecule has 3 aromatic rings. The van der Waals surface area contributed by atoms with E-state index in [9.17, 15) is 13.6 Å². The predicted molar refractivity (Wildman–Crippen MR) is 117 cm³/mol. The van der Waals surface area contributed by atoms with Gasteiger partial charge in [-0.05, 0) is 37.1 Å². The Morgan fingerprint density at radius 2 is 1.97 bits per heavy atom. The molecule has 0 unspecified atom stereocenters. The molecule has 7 nitrogen and oxygen atoms in total. The maximum absolute atomic E-state index is 12.8. The van der Waals surface area contributed by atoms with Crippen molar-refractivity contribution in [2.45, 2.75) is 35.2 Å². The fourth-order valence-electron chi connectivity index (χ4n) is 3.32. The molecule has 1 saturated heterocycles. The Hall–Kier alpha value is -2.53. The largest absolute Gasteiger partial charge is 0.467 e. The Labute approximate surface area is 186 Å². The van der Waals surface area contributed by atoms with Gasteiger partial charge in [0.15, 0.2) is 5.16 Å². The fourth-order valence-corrected chi connectivity index (χ4v) is 4.65. The van der Waals surface area contributed by atoms with Crippen molar-refractivity contribution in [3.63, 3.8) is 0 Å². The highest BCUT2D eigenvalue weighted by molar-refractivity contribution is 8.00. The molecular formula is C20H21F2N5O2S2. The molecule has 1 amide bonds. The van der Waals surface area contributed by atoms with Gasteiger partial charge in [0.2, 0.25) is 11.9 Å². The summed E-state index contributed by atoms with van der Waals surface area (Å²) >= 11 is 1.66. The average molecular weight is 466 g/mol. The Morgan fingerprint density at radius 3 is 2.71 bits per heavy atom. The smallest absolute Gasteiger partial charge is 0.288 e. The second-order valence-corrected chi connectivity index (χ2v) is 8.83. The van der Waals surface area contributed by atoms with Crippen LogP contribution in [0.3, 0.4) is 0 Å². The summed E-state index contributed by atoms with van der Waals surface area (Å²) in [5.74, 6) is -1.26. The van der Waals surface area contributed by atoms with Crippen molar-refractivity contribution in [3.05, 3.63) is 48.4 Å². The summed E-state index contributed by atoms with van der Waals surface area (Å²) in [5, 5.41) is 11.9. The van der Waals surface area contributed by atoms with Crippen LogP contribution >= 0.6 is 23.5 Å². The third-order valence-electron chi connectivity index (χ3n) is 4.69. The predicted octanol–water partition coefficient (Wildman–Crippen LogP) is 4.57. The van der Waals surface area contributed by atoms with Gasteiger partial charge in [0.05, 0.1) is 24.2 Å². The topological polar surface area (TPSA) is 76.2 Å². The number of thioether (sulfide) groups is 2. The van der Waals surface area contributed by atoms with Gasteiger partial charge < -0.3 is 14.6 Å². The monoisotopic (exact) mass is 465 g/mol. The molecule has 2 aromatic heterocycles. The van der Waals surface area contributed by atoms with Gasteiger partial charge in [0.1, 0.15) is 5.76 Å². The number of para-hydroxylation sites is 1. The van der Waals surface area contributed by atoms with E-state index in [1.807, 2.05) is 16.7 Å². The molecule has 0 aliphatic carbocycles. The van der Waals surface area contributed by atoms with Crippen molar-refractivity contribution >= 4 is 41.1 Å². The van der Waals surface area contributed by atoms with E-state index in [2.05, 4.69) is 20.4 Å². The standard InChI is InChI=1S/C20H21F2N5O2S2/c21-18(22)31-16-8-2-1-7-15(16)23-17(28)13-30-20-25-24-19(26-9-3-4-10-26)27(20)12-14-6-5-11-29-14/h1-2,5-8,11,18H,3-4,9-10,12-13H2,(H,23,28). The molecule has 31 heavy (non-hydrogen) atoms. The number of amides is 1. The van der Waals surface area contributed by atoms with Gasteiger partial charge in [-0.15, -0.1) is 10.2 Å². The molecule has 0 spiro atoms. The summed E-state index contributed by atoms with van der Waals surface area (Å²) in [6.07, 6.45) is 3.83. The van der Waals surface area contributed by atoms with E-state index in [-0.39, 0.29) is 11.7 Å². The highest BCUT2D eigenvalue weighted by Crippen LogP contribution is 2.32. The highest BCUT2D eigenvalue weighted by Gasteiger charge is 2.22. The summed E-state index contributed by atoms with van der Waals surface area (Å²) in [4.78, 5) is 15.0. The first-order valence-electron chi connectivity index (χ1n) is 9.77. The van der Waals surface area contributed by atoms with E-state index in [4.69, 9.17) is 4.42 Å². The number of carbonyl (C=O) groups is 1. The first-order chi connectivity index (χ1) is 15.1. The maximum atomic E-state index is 12.8. The van der Waals surface area contributed by atoms with Crippen molar-refractivity contribution < 1.29 is 18.0 Å². The number of anilines is 2. The quantitative estimate of drug-likeness (QED) is 0.464. The molecular weight excluding hydrogens is 444 g/mol. The molecule has 0 bridgehead atoms. The summed E-state index contributed by atoms with van der Waals surface area (Å²) in [5.41, 5.74) is 0.369. The number of rotatable bonds is 9. The Kier molecular flexibility index (Phi) is 7.13. The molecule has 11 heteroatoms. The molecule has 164 valence electrons. The summed E-state index contributed by atoms with van der Waals surface area (Å²) in [6.45, 7) is 2.30. The van der Waals surface area contributed by atoms with E-state index < -0.39 is 5.76 Å². The molecule has 1 N–H and O–H groups in total. The second kappa shape index (κ2) is 10.2. The number of benzene rings is 1. The van der Waals surface area contributed by atoms with Crippen LogP contribution in [0.5, 0.6) is 0 Å². The zero-order chi connectivity index (χ0) is 21.6. The highest BCUT2D eigenvalue weighted by atomic mass is 32.2. The van der Waals surface area contributed by atoms with Gasteiger partial charge in [-0.2, -0.15) is 8.78 Å². The number of hydrogen-bond donors (Lipinski definition) is 1. The molecule has 0 radical (unpaired) electrons. The van der Waals surface area contributed by atoms with Crippen molar-refractivity contribution in [3.8, 4) is 0 Å². The van der Waals surface area contributed by atoms with Gasteiger partial charge >= 0.3 is 0 Å². The van der Waals surface area contributed by atoms with Crippen LogP contribution in [0.25, 0.3) is 0 Å². The zero-order valence-corrected chi connectivity index (χ0v) is 18.2. The first kappa shape index (κ1) is 21.7. The van der Waals surface area contributed by atoms with Crippen LogP contribution in [0.15, 0.2) is 57.1 Å². The lowest BCUT2D eigenvalue weighted by Crippen LogP contribution is -2.23. The zero-order valence-electron chi connectivity index (χ0n) is 16.5. The number of nitrogens with one attached hydrogen (secondary N) is 1. The van der Waals surface area contributed by atoms with Crippen LogP contribution in [0, 0.1) is 0 Å². The van der Waals surface area contributed by atoms with Crippen LogP contribution < -0.4 is 10.2 Å². The lowest BCUT2D eigenvalue weighted by molar-refractivity contribution is -0.113. The van der Waals surface area contributed by atoms with Gasteiger partial charge in [0.25, 0.3) is 5.76 Å². The number of nitrogens with zero attached hydrogens (tertiary/aromatic N) is 4. The number of furan rings is 1. The van der Waals surface area contributed by atoms with Gasteiger partial charge in [0, 0.05) is 18.0 Å². The van der Waals surface area contributed by atoms with Crippen LogP contribution in [0.4, 0.5) is 20.4 Å². The van der Waals surface area contributed by atoms with E-state index in [0.717, 1.165) is 37.6 Å². The molecule has 0 saturated carbocycles. The number of carbonyl (C=O) groups excluding carboxylic acids is 1. The minimum atomic E-state index is -2.56. The Morgan fingerprint density at radius 1 is 1.16 bits per heavy atom. The molecule has 1 fully saturated rings. The first-order valence-corrected chi connectivity index (χ1v) is 11.6. The fraction of sp³-hybridized carbons (Fsp3) is 0.350.